The first kappa shape index (κ1) is 25.5. The average molecular weight is 600 g/mol. The molecule has 0 bridgehead atoms. The summed E-state index contributed by atoms with van der Waals surface area (Å²) in [5.74, 6) is -2.72. The molecule has 8 nitrogen and oxygen atoms in total. The van der Waals surface area contributed by atoms with Crippen LogP contribution in [0.5, 0.6) is 0 Å². The molecule has 1 saturated heterocycles. The number of rotatable bonds is 7. The fraction of sp³-hybridized carbons (Fsp3) is 0.185. The minimum atomic E-state index is -1.47. The molecule has 0 amide bonds. The van der Waals surface area contributed by atoms with Gasteiger partial charge in [0.05, 0.1) is 16.7 Å². The van der Waals surface area contributed by atoms with Crippen LogP contribution in [0.1, 0.15) is 31.1 Å². The van der Waals surface area contributed by atoms with E-state index in [2.05, 4.69) is 0 Å². The highest BCUT2D eigenvalue weighted by atomic mass is 127. The molecule has 0 unspecified atom stereocenters. The highest BCUT2D eigenvalue weighted by Crippen LogP contribution is 2.28. The highest BCUT2D eigenvalue weighted by Gasteiger charge is 2.49. The number of ether oxygens (including phenoxy) is 4. The van der Waals surface area contributed by atoms with E-state index in [1.165, 1.54) is 12.1 Å². The Balaban J connectivity index is 1.58. The maximum absolute atomic E-state index is 13.0. The van der Waals surface area contributed by atoms with Gasteiger partial charge in [-0.1, -0.05) is 54.6 Å². The van der Waals surface area contributed by atoms with E-state index in [1.807, 2.05) is 0 Å². The van der Waals surface area contributed by atoms with E-state index in [-0.39, 0.29) is 17.7 Å². The number of alkyl halides is 1. The van der Waals surface area contributed by atoms with Crippen LogP contribution in [0.3, 0.4) is 0 Å². The van der Waals surface area contributed by atoms with Crippen molar-refractivity contribution >= 4 is 46.3 Å². The molecule has 0 saturated carbocycles. The van der Waals surface area contributed by atoms with Crippen LogP contribution in [-0.2, 0) is 23.7 Å². The summed E-state index contributed by atoms with van der Waals surface area (Å²) >= 11 is 1.75. The van der Waals surface area contributed by atoms with Crippen molar-refractivity contribution < 1.29 is 38.1 Å². The van der Waals surface area contributed by atoms with Crippen molar-refractivity contribution in [1.82, 2.24) is 0 Å². The summed E-state index contributed by atoms with van der Waals surface area (Å²) in [6, 6.07) is 24.6. The van der Waals surface area contributed by atoms with Gasteiger partial charge in [0.15, 0.2) is 10.2 Å². The molecule has 4 rings (SSSR count). The van der Waals surface area contributed by atoms with Gasteiger partial charge in [-0.25, -0.2) is 14.4 Å². The van der Waals surface area contributed by atoms with Crippen molar-refractivity contribution in [3.63, 3.8) is 0 Å². The molecule has 0 aromatic heterocycles. The molecule has 4 atom stereocenters. The van der Waals surface area contributed by atoms with Gasteiger partial charge in [0.2, 0.25) is 11.9 Å². The molecule has 36 heavy (non-hydrogen) atoms. The molecule has 0 aliphatic carbocycles. The predicted octanol–water partition coefficient (Wildman–Crippen LogP) is 4.02. The maximum atomic E-state index is 13.0. The lowest BCUT2D eigenvalue weighted by molar-refractivity contribution is -0.175. The minimum Gasteiger partial charge on any atom is -0.459 e. The molecular formula is C27H21IO8. The number of carbonyl (C=O) groups is 4. The Hall–Kier alpha value is -3.57. The average Bonchev–Trinajstić information content (AvgIpc) is 2.92. The third-order valence-corrected chi connectivity index (χ3v) is 6.25. The summed E-state index contributed by atoms with van der Waals surface area (Å²) in [7, 11) is 0. The lowest BCUT2D eigenvalue weighted by Gasteiger charge is -2.37. The van der Waals surface area contributed by atoms with Crippen molar-refractivity contribution in [1.29, 1.82) is 0 Å². The first-order valence-electron chi connectivity index (χ1n) is 11.0. The van der Waals surface area contributed by atoms with Crippen molar-refractivity contribution in [2.75, 3.05) is 6.61 Å². The van der Waals surface area contributed by atoms with Gasteiger partial charge < -0.3 is 18.9 Å². The first-order chi connectivity index (χ1) is 17.4. The molecule has 184 valence electrons. The van der Waals surface area contributed by atoms with E-state index >= 15 is 0 Å². The van der Waals surface area contributed by atoms with E-state index in [9.17, 15) is 19.2 Å². The minimum absolute atomic E-state index is 0.224. The van der Waals surface area contributed by atoms with Crippen LogP contribution < -0.4 is 0 Å². The number of halogens is 1. The molecule has 1 fully saturated rings. The number of ketones is 1. The lowest BCUT2D eigenvalue weighted by Crippen LogP contribution is -2.58. The SMILES string of the molecule is O=C(OC[C@H]1O[C@H](I)C(=O)[C@@H](OC(=O)c2ccccc2)[C@@H]1OC(=O)c1ccccc1)c1ccccc1. The van der Waals surface area contributed by atoms with Gasteiger partial charge in [0, 0.05) is 0 Å². The van der Waals surface area contributed by atoms with Crippen LogP contribution in [0.25, 0.3) is 0 Å². The summed E-state index contributed by atoms with van der Waals surface area (Å²) in [5, 5.41) is 0. The van der Waals surface area contributed by atoms with Gasteiger partial charge in [-0.3, -0.25) is 4.79 Å². The van der Waals surface area contributed by atoms with Gasteiger partial charge in [0.1, 0.15) is 12.7 Å². The Morgan fingerprint density at radius 3 is 1.64 bits per heavy atom. The van der Waals surface area contributed by atoms with Gasteiger partial charge in [-0.2, -0.15) is 0 Å². The largest absolute Gasteiger partial charge is 0.459 e. The quantitative estimate of drug-likeness (QED) is 0.173. The van der Waals surface area contributed by atoms with Crippen molar-refractivity contribution in [2.24, 2.45) is 0 Å². The monoisotopic (exact) mass is 600 g/mol. The number of hydrogen-bond donors (Lipinski definition) is 0. The molecule has 1 heterocycles. The smallest absolute Gasteiger partial charge is 0.338 e. The Morgan fingerprint density at radius 2 is 1.14 bits per heavy atom. The Bertz CT molecular complexity index is 1220. The Morgan fingerprint density at radius 1 is 0.694 bits per heavy atom. The zero-order valence-corrected chi connectivity index (χ0v) is 21.0. The summed E-state index contributed by atoms with van der Waals surface area (Å²) in [4.78, 5) is 51.2. The number of carbonyl (C=O) groups excluding carboxylic acids is 4. The summed E-state index contributed by atoms with van der Waals surface area (Å²) in [6.45, 7) is -0.341. The summed E-state index contributed by atoms with van der Waals surface area (Å²) < 4.78 is 21.3. The fourth-order valence-electron chi connectivity index (χ4n) is 3.52. The topological polar surface area (TPSA) is 105 Å². The second kappa shape index (κ2) is 11.9. The first-order valence-corrected chi connectivity index (χ1v) is 12.3. The zero-order valence-electron chi connectivity index (χ0n) is 18.8. The van der Waals surface area contributed by atoms with E-state index in [0.29, 0.717) is 5.56 Å². The van der Waals surface area contributed by atoms with Gasteiger partial charge in [0.25, 0.3) is 0 Å². The van der Waals surface area contributed by atoms with Gasteiger partial charge in [-0.05, 0) is 59.0 Å². The van der Waals surface area contributed by atoms with Crippen molar-refractivity contribution in [3.05, 3.63) is 108 Å². The van der Waals surface area contributed by atoms with Crippen LogP contribution in [0, 0.1) is 0 Å². The van der Waals surface area contributed by atoms with Crippen molar-refractivity contribution in [2.45, 2.75) is 22.4 Å². The molecule has 1 aliphatic heterocycles. The van der Waals surface area contributed by atoms with E-state index in [0.717, 1.165) is 0 Å². The van der Waals surface area contributed by atoms with E-state index < -0.39 is 46.1 Å². The number of esters is 3. The van der Waals surface area contributed by atoms with E-state index in [1.54, 1.807) is 101 Å². The molecule has 0 spiro atoms. The summed E-state index contributed by atoms with van der Waals surface area (Å²) in [6.07, 6.45) is -3.90. The third kappa shape index (κ3) is 6.16. The highest BCUT2D eigenvalue weighted by molar-refractivity contribution is 14.1. The second-order valence-electron chi connectivity index (χ2n) is 7.79. The molecule has 3 aromatic carbocycles. The zero-order chi connectivity index (χ0) is 25.5. The molecular weight excluding hydrogens is 579 g/mol. The van der Waals surface area contributed by atoms with Gasteiger partial charge >= 0.3 is 17.9 Å². The van der Waals surface area contributed by atoms with Crippen LogP contribution in [-0.4, -0.2) is 52.7 Å². The van der Waals surface area contributed by atoms with Crippen LogP contribution in [0.4, 0.5) is 0 Å². The Kier molecular flexibility index (Phi) is 8.44. The molecule has 9 heteroatoms. The number of hydrogen-bond acceptors (Lipinski definition) is 8. The Labute approximate surface area is 220 Å². The molecule has 0 N–H and O–H groups in total. The van der Waals surface area contributed by atoms with E-state index in [4.69, 9.17) is 18.9 Å². The van der Waals surface area contributed by atoms with Crippen LogP contribution >= 0.6 is 22.6 Å². The maximum Gasteiger partial charge on any atom is 0.338 e. The van der Waals surface area contributed by atoms with Crippen LogP contribution in [0.2, 0.25) is 0 Å². The second-order valence-corrected chi connectivity index (χ2v) is 8.92. The molecule has 0 radical (unpaired) electrons. The molecule has 1 aliphatic rings. The third-order valence-electron chi connectivity index (χ3n) is 5.35. The fourth-order valence-corrected chi connectivity index (χ4v) is 4.25. The van der Waals surface area contributed by atoms with Crippen molar-refractivity contribution in [3.8, 4) is 0 Å². The standard InChI is InChI=1S/C27H21IO8/c28-24-21(29)23(36-27(32)19-14-8-3-9-15-19)22(35-26(31)18-12-6-2-7-13-18)20(34-24)16-33-25(30)17-10-4-1-5-11-17/h1-15,20,22-24H,16H2/t20-,22-,23-,24+/m1/s1. The molecule has 3 aromatic rings. The number of benzene rings is 3. The predicted molar refractivity (Wildman–Crippen MR) is 136 cm³/mol. The van der Waals surface area contributed by atoms with Gasteiger partial charge in [-0.15, -0.1) is 0 Å². The normalized spacial score (nSPS) is 21.3. The number of Topliss-reactive ketones (excluding diaryl/α,β-unsaturated/α-hetero) is 1. The lowest BCUT2D eigenvalue weighted by atomic mass is 10.0. The summed E-state index contributed by atoms with van der Waals surface area (Å²) in [5.41, 5.74) is 0.775. The van der Waals surface area contributed by atoms with Crippen LogP contribution in [0.15, 0.2) is 91.0 Å².